The lowest BCUT2D eigenvalue weighted by atomic mass is 9.96. The van der Waals surface area contributed by atoms with Crippen LogP contribution >= 0.6 is 11.6 Å². The molecular formula is C22H23ClN2O7. The van der Waals surface area contributed by atoms with Gasteiger partial charge in [-0.25, -0.2) is 0 Å². The fraction of sp³-hybridized carbons (Fsp3) is 0.409. The standard InChI is InChI=1S/C22H23ClN2O7/c1-29-20-11-14(21(26)24-8-2-3-15(13-24)22-30-9-10-31-22)4-6-19(20)32-18-7-5-16(23)12-17(18)25(27)28/h4-7,11-12,15,22H,2-3,8-10,13H2,1H3. The highest BCUT2D eigenvalue weighted by Crippen LogP contribution is 2.38. The third kappa shape index (κ3) is 4.79. The van der Waals surface area contributed by atoms with E-state index in [9.17, 15) is 14.9 Å². The summed E-state index contributed by atoms with van der Waals surface area (Å²) in [4.78, 5) is 25.7. The van der Waals surface area contributed by atoms with Crippen molar-refractivity contribution in [2.45, 2.75) is 19.1 Å². The Hall–Kier alpha value is -2.88. The van der Waals surface area contributed by atoms with Crippen LogP contribution in [0.1, 0.15) is 23.2 Å². The number of nitrogens with zero attached hydrogens (tertiary/aromatic N) is 2. The molecule has 0 bridgehead atoms. The fourth-order valence-corrected chi connectivity index (χ4v) is 4.14. The molecular weight excluding hydrogens is 440 g/mol. The van der Waals surface area contributed by atoms with Crippen molar-refractivity contribution in [1.29, 1.82) is 0 Å². The molecule has 2 aliphatic heterocycles. The van der Waals surface area contributed by atoms with Crippen molar-refractivity contribution in [3.05, 3.63) is 57.1 Å². The van der Waals surface area contributed by atoms with Gasteiger partial charge < -0.3 is 23.8 Å². The molecule has 2 aromatic rings. The molecule has 10 heteroatoms. The van der Waals surface area contributed by atoms with E-state index in [-0.39, 0.29) is 46.1 Å². The van der Waals surface area contributed by atoms with Crippen LogP contribution in [0.25, 0.3) is 0 Å². The zero-order chi connectivity index (χ0) is 22.7. The maximum atomic E-state index is 13.1. The third-order valence-electron chi connectivity index (χ3n) is 5.53. The van der Waals surface area contributed by atoms with E-state index in [1.165, 1.54) is 25.3 Å². The molecule has 1 unspecified atom stereocenters. The van der Waals surface area contributed by atoms with Gasteiger partial charge in [0, 0.05) is 35.7 Å². The molecule has 2 aromatic carbocycles. The van der Waals surface area contributed by atoms with Crippen LogP contribution in [0.2, 0.25) is 5.02 Å². The monoisotopic (exact) mass is 462 g/mol. The van der Waals surface area contributed by atoms with Gasteiger partial charge in [-0.2, -0.15) is 0 Å². The number of hydrogen-bond acceptors (Lipinski definition) is 7. The van der Waals surface area contributed by atoms with Crippen LogP contribution in [0.5, 0.6) is 17.2 Å². The lowest BCUT2D eigenvalue weighted by molar-refractivity contribution is -0.385. The topological polar surface area (TPSA) is 100 Å². The number of methoxy groups -OCH3 is 1. The quantitative estimate of drug-likeness (QED) is 0.466. The van der Waals surface area contributed by atoms with E-state index in [1.54, 1.807) is 23.1 Å². The average molecular weight is 463 g/mol. The summed E-state index contributed by atoms with van der Waals surface area (Å²) in [6.07, 6.45) is 1.56. The first-order valence-corrected chi connectivity index (χ1v) is 10.7. The fourth-order valence-electron chi connectivity index (χ4n) is 3.97. The predicted molar refractivity (Wildman–Crippen MR) is 115 cm³/mol. The highest BCUT2D eigenvalue weighted by atomic mass is 35.5. The number of rotatable bonds is 6. The van der Waals surface area contributed by atoms with Crippen LogP contribution in [-0.4, -0.2) is 55.4 Å². The van der Waals surface area contributed by atoms with Gasteiger partial charge >= 0.3 is 5.69 Å². The van der Waals surface area contributed by atoms with Gasteiger partial charge in [-0.3, -0.25) is 14.9 Å². The van der Waals surface area contributed by atoms with Gasteiger partial charge in [-0.05, 0) is 43.2 Å². The van der Waals surface area contributed by atoms with Crippen LogP contribution in [0.4, 0.5) is 5.69 Å². The summed E-state index contributed by atoms with van der Waals surface area (Å²) in [6, 6.07) is 8.89. The van der Waals surface area contributed by atoms with Crippen LogP contribution in [0.3, 0.4) is 0 Å². The molecule has 1 atom stereocenters. The Morgan fingerprint density at radius 1 is 1.16 bits per heavy atom. The van der Waals surface area contributed by atoms with Gasteiger partial charge in [0.05, 0.1) is 25.2 Å². The third-order valence-corrected chi connectivity index (χ3v) is 5.76. The maximum absolute atomic E-state index is 13.1. The van der Waals surface area contributed by atoms with Crippen molar-refractivity contribution < 1.29 is 28.7 Å². The lowest BCUT2D eigenvalue weighted by Crippen LogP contribution is -2.43. The molecule has 0 N–H and O–H groups in total. The molecule has 0 aliphatic carbocycles. The molecule has 170 valence electrons. The SMILES string of the molecule is COc1cc(C(=O)N2CCCC(C3OCCO3)C2)ccc1Oc1ccc(Cl)cc1[N+](=O)[O-]. The zero-order valence-electron chi connectivity index (χ0n) is 17.5. The number of hydrogen-bond donors (Lipinski definition) is 0. The van der Waals surface area contributed by atoms with Crippen molar-refractivity contribution in [3.8, 4) is 17.2 Å². The number of amides is 1. The van der Waals surface area contributed by atoms with Gasteiger partial charge in [0.2, 0.25) is 5.75 Å². The minimum absolute atomic E-state index is 0.0206. The molecule has 32 heavy (non-hydrogen) atoms. The van der Waals surface area contributed by atoms with Gasteiger partial charge in [0.25, 0.3) is 5.91 Å². The molecule has 0 spiro atoms. The Morgan fingerprint density at radius 2 is 1.91 bits per heavy atom. The van der Waals surface area contributed by atoms with E-state index in [1.807, 2.05) is 0 Å². The molecule has 2 fully saturated rings. The van der Waals surface area contributed by atoms with Crippen molar-refractivity contribution in [2.75, 3.05) is 33.4 Å². The van der Waals surface area contributed by atoms with Gasteiger partial charge in [0.15, 0.2) is 17.8 Å². The van der Waals surface area contributed by atoms with Gasteiger partial charge in [-0.15, -0.1) is 0 Å². The Kier molecular flexibility index (Phi) is 6.78. The molecule has 0 radical (unpaired) electrons. The van der Waals surface area contributed by atoms with Gasteiger partial charge in [0.1, 0.15) is 0 Å². The normalized spacial score (nSPS) is 19.1. The second-order valence-corrected chi connectivity index (χ2v) is 8.04. The van der Waals surface area contributed by atoms with Crippen molar-refractivity contribution >= 4 is 23.2 Å². The van der Waals surface area contributed by atoms with E-state index < -0.39 is 4.92 Å². The van der Waals surface area contributed by atoms with Crippen molar-refractivity contribution in [2.24, 2.45) is 5.92 Å². The number of piperidine rings is 1. The largest absolute Gasteiger partial charge is 0.493 e. The summed E-state index contributed by atoms with van der Waals surface area (Å²) in [7, 11) is 1.44. The molecule has 9 nitrogen and oxygen atoms in total. The molecule has 1 amide bonds. The molecule has 0 saturated carbocycles. The lowest BCUT2D eigenvalue weighted by Gasteiger charge is -2.34. The minimum atomic E-state index is -0.573. The number of likely N-dealkylation sites (tertiary alicyclic amines) is 1. The Balaban J connectivity index is 1.52. The van der Waals surface area contributed by atoms with Crippen molar-refractivity contribution in [1.82, 2.24) is 4.90 Å². The second kappa shape index (κ2) is 9.72. The smallest absolute Gasteiger partial charge is 0.313 e. The summed E-state index contributed by atoms with van der Waals surface area (Å²) < 4.78 is 22.4. The van der Waals surface area contributed by atoms with Crippen molar-refractivity contribution in [3.63, 3.8) is 0 Å². The van der Waals surface area contributed by atoms with Gasteiger partial charge in [-0.1, -0.05) is 11.6 Å². The first-order chi connectivity index (χ1) is 15.5. The highest BCUT2D eigenvalue weighted by molar-refractivity contribution is 6.30. The van der Waals surface area contributed by atoms with E-state index in [0.717, 1.165) is 12.8 Å². The number of carbonyl (C=O) groups excluding carboxylic acids is 1. The summed E-state index contributed by atoms with van der Waals surface area (Å²) >= 11 is 5.86. The maximum Gasteiger partial charge on any atom is 0.313 e. The number of halogens is 1. The average Bonchev–Trinajstić information content (AvgIpc) is 3.35. The summed E-state index contributed by atoms with van der Waals surface area (Å²) in [5.74, 6) is 0.572. The first-order valence-electron chi connectivity index (χ1n) is 10.3. The van der Waals surface area contributed by atoms with Crippen LogP contribution in [0.15, 0.2) is 36.4 Å². The molecule has 2 aliphatic rings. The number of ether oxygens (including phenoxy) is 4. The summed E-state index contributed by atoms with van der Waals surface area (Å²) in [5.41, 5.74) is 0.170. The Bertz CT molecular complexity index is 1010. The van der Waals surface area contributed by atoms with E-state index >= 15 is 0 Å². The molecule has 2 heterocycles. The van der Waals surface area contributed by atoms with E-state index in [0.29, 0.717) is 31.9 Å². The summed E-state index contributed by atoms with van der Waals surface area (Å²) in [6.45, 7) is 2.37. The predicted octanol–water partition coefficient (Wildman–Crippen LogP) is 4.27. The van der Waals surface area contributed by atoms with Crippen LogP contribution in [-0.2, 0) is 9.47 Å². The summed E-state index contributed by atoms with van der Waals surface area (Å²) in [5, 5.41) is 11.6. The molecule has 2 saturated heterocycles. The second-order valence-electron chi connectivity index (χ2n) is 7.60. The number of nitro benzene ring substituents is 1. The number of benzene rings is 2. The molecule has 0 aromatic heterocycles. The Labute approximate surface area is 189 Å². The van der Waals surface area contributed by atoms with Crippen LogP contribution in [0, 0.1) is 16.0 Å². The minimum Gasteiger partial charge on any atom is -0.493 e. The zero-order valence-corrected chi connectivity index (χ0v) is 18.2. The molecule has 4 rings (SSSR count). The highest BCUT2D eigenvalue weighted by Gasteiger charge is 2.33. The first kappa shape index (κ1) is 22.3. The van der Waals surface area contributed by atoms with Crippen LogP contribution < -0.4 is 9.47 Å². The Morgan fingerprint density at radius 3 is 2.62 bits per heavy atom. The number of carbonyl (C=O) groups is 1. The van der Waals surface area contributed by atoms with E-state index in [2.05, 4.69) is 0 Å². The number of nitro groups is 1. The van der Waals surface area contributed by atoms with E-state index in [4.69, 9.17) is 30.5 Å².